The number of amides is 1. The van der Waals surface area contributed by atoms with Crippen molar-refractivity contribution in [1.29, 1.82) is 0 Å². The van der Waals surface area contributed by atoms with Crippen molar-refractivity contribution in [1.82, 2.24) is 10.2 Å². The van der Waals surface area contributed by atoms with Gasteiger partial charge in [0.2, 0.25) is 5.91 Å². The van der Waals surface area contributed by atoms with Crippen LogP contribution in [0.25, 0.3) is 0 Å². The van der Waals surface area contributed by atoms with Crippen molar-refractivity contribution in [3.8, 4) is 0 Å². The molecule has 0 saturated carbocycles. The highest BCUT2D eigenvalue weighted by Crippen LogP contribution is 1.94. The fourth-order valence-electron chi connectivity index (χ4n) is 0.798. The van der Waals surface area contributed by atoms with E-state index in [1.54, 1.807) is 13.5 Å². The highest BCUT2D eigenvalue weighted by atomic mass is 16.1. The number of unbranched alkanes of at least 4 members (excludes halogenated alkanes) is 1. The summed E-state index contributed by atoms with van der Waals surface area (Å²) in [5, 5.41) is 2.67. The predicted octanol–water partition coefficient (Wildman–Crippen LogP) is 1.18. The molecule has 0 aromatic heterocycles. The molecular weight excluding hydrogens is 164 g/mol. The highest BCUT2D eigenvalue weighted by Gasteiger charge is 1.99. The second-order valence-corrected chi connectivity index (χ2v) is 3.40. The zero-order chi connectivity index (χ0) is 10.3. The lowest BCUT2D eigenvalue weighted by molar-refractivity contribution is -0.116. The molecule has 0 aromatic rings. The number of hydrogen-bond donors (Lipinski definition) is 1. The van der Waals surface area contributed by atoms with Crippen LogP contribution in [-0.4, -0.2) is 31.4 Å². The molecule has 0 heterocycles. The normalized spacial score (nSPS) is 10.2. The van der Waals surface area contributed by atoms with E-state index in [4.69, 9.17) is 0 Å². The van der Waals surface area contributed by atoms with E-state index in [-0.39, 0.29) is 5.91 Å². The fourth-order valence-corrected chi connectivity index (χ4v) is 0.798. The summed E-state index contributed by atoms with van der Waals surface area (Å²) in [6.45, 7) is 8.07. The van der Waals surface area contributed by atoms with Gasteiger partial charge in [0.1, 0.15) is 0 Å². The maximum absolute atomic E-state index is 11.0. The van der Waals surface area contributed by atoms with Gasteiger partial charge in [0.05, 0.1) is 0 Å². The molecule has 1 amide bonds. The van der Waals surface area contributed by atoms with Gasteiger partial charge in [-0.2, -0.15) is 0 Å². The number of nitrogens with one attached hydrogen (secondary N) is 1. The van der Waals surface area contributed by atoms with Crippen molar-refractivity contribution in [2.24, 2.45) is 0 Å². The van der Waals surface area contributed by atoms with Gasteiger partial charge < -0.3 is 10.2 Å². The maximum Gasteiger partial charge on any atom is 0.246 e. The van der Waals surface area contributed by atoms with Crippen molar-refractivity contribution < 1.29 is 4.79 Å². The first-order chi connectivity index (χ1) is 6.04. The third-order valence-electron chi connectivity index (χ3n) is 1.57. The number of hydrogen-bond acceptors (Lipinski definition) is 2. The number of nitrogens with zero attached hydrogens (tertiary/aromatic N) is 1. The van der Waals surface area contributed by atoms with E-state index in [0.29, 0.717) is 5.57 Å². The van der Waals surface area contributed by atoms with Crippen LogP contribution in [0.4, 0.5) is 0 Å². The molecule has 75 valence electrons. The lowest BCUT2D eigenvalue weighted by atomic mass is 10.3. The van der Waals surface area contributed by atoms with Gasteiger partial charge in [-0.15, -0.1) is 0 Å². The highest BCUT2D eigenvalue weighted by molar-refractivity contribution is 5.92. The first-order valence-corrected chi connectivity index (χ1v) is 4.47. The van der Waals surface area contributed by atoms with Crippen molar-refractivity contribution in [2.75, 3.05) is 20.6 Å². The number of rotatable bonds is 6. The molecule has 3 heteroatoms. The minimum absolute atomic E-state index is 0.0927. The minimum atomic E-state index is -0.0927. The smallest absolute Gasteiger partial charge is 0.246 e. The predicted molar refractivity (Wildman–Crippen MR) is 55.0 cm³/mol. The Kier molecular flexibility index (Phi) is 6.24. The summed E-state index contributed by atoms with van der Waals surface area (Å²) < 4.78 is 0. The van der Waals surface area contributed by atoms with E-state index in [9.17, 15) is 4.79 Å². The number of carbonyl (C=O) groups excluding carboxylic acids is 1. The van der Waals surface area contributed by atoms with Crippen LogP contribution in [0, 0.1) is 6.54 Å². The van der Waals surface area contributed by atoms with Gasteiger partial charge in [-0.05, 0) is 40.4 Å². The Hall–Kier alpha value is -0.830. The Morgan fingerprint density at radius 1 is 1.54 bits per heavy atom. The van der Waals surface area contributed by atoms with Crippen LogP contribution in [-0.2, 0) is 4.79 Å². The summed E-state index contributed by atoms with van der Waals surface area (Å²) in [5.41, 5.74) is 0.545. The molecule has 0 unspecified atom stereocenters. The molecule has 0 aromatic carbocycles. The van der Waals surface area contributed by atoms with Gasteiger partial charge in [-0.25, -0.2) is 0 Å². The molecule has 13 heavy (non-hydrogen) atoms. The van der Waals surface area contributed by atoms with Crippen LogP contribution < -0.4 is 5.32 Å². The third kappa shape index (κ3) is 7.53. The Morgan fingerprint density at radius 2 is 2.15 bits per heavy atom. The molecule has 0 atom stereocenters. The largest absolute Gasteiger partial charge is 0.348 e. The molecular formula is C10H19N2O. The van der Waals surface area contributed by atoms with Gasteiger partial charge in [-0.1, -0.05) is 6.58 Å². The molecule has 1 N–H and O–H groups in total. The number of carbonyl (C=O) groups is 1. The molecule has 0 aliphatic rings. The Morgan fingerprint density at radius 3 is 2.62 bits per heavy atom. The molecule has 0 aliphatic carbocycles. The van der Waals surface area contributed by atoms with Crippen molar-refractivity contribution in [2.45, 2.75) is 19.8 Å². The lowest BCUT2D eigenvalue weighted by Crippen LogP contribution is -2.21. The Balaban J connectivity index is 3.26. The second kappa shape index (κ2) is 6.66. The first-order valence-electron chi connectivity index (χ1n) is 4.47. The van der Waals surface area contributed by atoms with Crippen molar-refractivity contribution in [3.05, 3.63) is 18.7 Å². The second-order valence-electron chi connectivity index (χ2n) is 3.40. The molecule has 1 radical (unpaired) electrons. The molecule has 0 bridgehead atoms. The molecule has 0 fully saturated rings. The van der Waals surface area contributed by atoms with Gasteiger partial charge in [0.25, 0.3) is 0 Å². The zero-order valence-corrected chi connectivity index (χ0v) is 8.76. The van der Waals surface area contributed by atoms with Gasteiger partial charge in [-0.3, -0.25) is 4.79 Å². The summed E-state index contributed by atoms with van der Waals surface area (Å²) in [6.07, 6.45) is 1.96. The van der Waals surface area contributed by atoms with Gasteiger partial charge in [0.15, 0.2) is 0 Å². The average molecular weight is 183 g/mol. The Bertz CT molecular complexity index is 176. The van der Waals surface area contributed by atoms with E-state index in [2.05, 4.69) is 16.8 Å². The van der Waals surface area contributed by atoms with E-state index >= 15 is 0 Å². The molecule has 0 aliphatic heterocycles. The monoisotopic (exact) mass is 183 g/mol. The van der Waals surface area contributed by atoms with Crippen LogP contribution >= 0.6 is 0 Å². The fraction of sp³-hybridized carbons (Fsp3) is 0.600. The summed E-state index contributed by atoms with van der Waals surface area (Å²) in [5.74, 6) is -0.0927. The summed E-state index contributed by atoms with van der Waals surface area (Å²) >= 11 is 0. The standard InChI is InChI=1S/C10H19N2O/c1-9(2)10(13)11-7-5-6-8-12(3)4/h7H,1,5-6,8H2,2-4H3,(H,11,13). The quantitative estimate of drug-likeness (QED) is 0.495. The molecule has 0 saturated heterocycles. The van der Waals surface area contributed by atoms with Crippen LogP contribution in [0.3, 0.4) is 0 Å². The lowest BCUT2D eigenvalue weighted by Gasteiger charge is -2.08. The summed E-state index contributed by atoms with van der Waals surface area (Å²) in [7, 11) is 4.07. The van der Waals surface area contributed by atoms with Crippen LogP contribution in [0.5, 0.6) is 0 Å². The zero-order valence-electron chi connectivity index (χ0n) is 8.76. The van der Waals surface area contributed by atoms with Gasteiger partial charge in [0, 0.05) is 12.1 Å². The first kappa shape index (κ1) is 12.2. The van der Waals surface area contributed by atoms with E-state index in [1.807, 2.05) is 14.1 Å². The topological polar surface area (TPSA) is 32.3 Å². The van der Waals surface area contributed by atoms with Crippen molar-refractivity contribution >= 4 is 5.91 Å². The van der Waals surface area contributed by atoms with Crippen molar-refractivity contribution in [3.63, 3.8) is 0 Å². The molecule has 0 spiro atoms. The van der Waals surface area contributed by atoms with Crippen LogP contribution in [0.1, 0.15) is 19.8 Å². The summed E-state index contributed by atoms with van der Waals surface area (Å²) in [6, 6.07) is 0. The average Bonchev–Trinajstić information content (AvgIpc) is 2.02. The van der Waals surface area contributed by atoms with Crippen LogP contribution in [0.2, 0.25) is 0 Å². The van der Waals surface area contributed by atoms with Gasteiger partial charge >= 0.3 is 0 Å². The maximum atomic E-state index is 11.0. The minimum Gasteiger partial charge on any atom is -0.348 e. The van der Waals surface area contributed by atoms with Crippen LogP contribution in [0.15, 0.2) is 12.2 Å². The van der Waals surface area contributed by atoms with E-state index < -0.39 is 0 Å². The van der Waals surface area contributed by atoms with E-state index in [0.717, 1.165) is 19.4 Å². The SMILES string of the molecule is C=C(C)C(=O)N[CH]CCCN(C)C. The molecule has 3 nitrogen and oxygen atoms in total. The molecule has 0 rings (SSSR count). The summed E-state index contributed by atoms with van der Waals surface area (Å²) in [4.78, 5) is 13.1. The third-order valence-corrected chi connectivity index (χ3v) is 1.57. The van der Waals surface area contributed by atoms with E-state index in [1.165, 1.54) is 0 Å². The Labute approximate surface area is 80.8 Å².